The summed E-state index contributed by atoms with van der Waals surface area (Å²) < 4.78 is 0. The van der Waals surface area contributed by atoms with Crippen molar-refractivity contribution in [2.75, 3.05) is 0 Å². The second kappa shape index (κ2) is 9.24. The van der Waals surface area contributed by atoms with Crippen LogP contribution in [0.5, 0.6) is 0 Å². The highest BCUT2D eigenvalue weighted by molar-refractivity contribution is 5.90. The molecule has 32 heavy (non-hydrogen) atoms. The van der Waals surface area contributed by atoms with Crippen molar-refractivity contribution in [1.82, 2.24) is 0 Å². The van der Waals surface area contributed by atoms with Crippen LogP contribution in [0.1, 0.15) is 29.2 Å². The molecular formula is C32H30. The lowest BCUT2D eigenvalue weighted by Crippen LogP contribution is -1.96. The standard InChI is InChI=1S/C32H30/c1-6-13-22(2)28-20-29(24(4)18-23(28)3)30-21-32(27-16-11-8-12-17-27)31(19-25(30)5)26-14-9-7-10-15-26/h6-21H,2H2,1,3-5H3/b13-6-. The first-order chi connectivity index (χ1) is 15.5. The van der Waals surface area contributed by atoms with E-state index < -0.39 is 0 Å². The van der Waals surface area contributed by atoms with Crippen LogP contribution in [-0.4, -0.2) is 0 Å². The van der Waals surface area contributed by atoms with Gasteiger partial charge in [-0.15, -0.1) is 0 Å². The molecule has 158 valence electrons. The zero-order valence-corrected chi connectivity index (χ0v) is 19.4. The predicted molar refractivity (Wildman–Crippen MR) is 141 cm³/mol. The molecule has 0 N–H and O–H groups in total. The number of aryl methyl sites for hydroxylation is 3. The molecule has 0 saturated carbocycles. The summed E-state index contributed by atoms with van der Waals surface area (Å²) in [5, 5.41) is 0. The smallest absolute Gasteiger partial charge is 0.00990 e. The molecule has 0 saturated heterocycles. The molecule has 0 atom stereocenters. The van der Waals surface area contributed by atoms with Crippen molar-refractivity contribution in [3.05, 3.63) is 126 Å². The Morgan fingerprint density at radius 2 is 1.09 bits per heavy atom. The van der Waals surface area contributed by atoms with E-state index in [0.29, 0.717) is 0 Å². The average Bonchev–Trinajstić information content (AvgIpc) is 2.80. The van der Waals surface area contributed by atoms with Gasteiger partial charge in [-0.2, -0.15) is 0 Å². The van der Waals surface area contributed by atoms with E-state index >= 15 is 0 Å². The highest BCUT2D eigenvalue weighted by Gasteiger charge is 2.15. The first-order valence-corrected chi connectivity index (χ1v) is 11.2. The van der Waals surface area contributed by atoms with Crippen LogP contribution in [0.4, 0.5) is 0 Å². The van der Waals surface area contributed by atoms with E-state index in [9.17, 15) is 0 Å². The van der Waals surface area contributed by atoms with Crippen molar-refractivity contribution < 1.29 is 0 Å². The molecule has 4 aromatic rings. The summed E-state index contributed by atoms with van der Waals surface area (Å²) in [5.74, 6) is 0. The van der Waals surface area contributed by atoms with Crippen molar-refractivity contribution in [3.8, 4) is 33.4 Å². The van der Waals surface area contributed by atoms with E-state index in [-0.39, 0.29) is 0 Å². The topological polar surface area (TPSA) is 0 Å². The maximum atomic E-state index is 4.29. The Morgan fingerprint density at radius 1 is 0.594 bits per heavy atom. The molecule has 0 nitrogen and oxygen atoms in total. The van der Waals surface area contributed by atoms with Crippen LogP contribution in [0.3, 0.4) is 0 Å². The van der Waals surface area contributed by atoms with E-state index in [1.165, 1.54) is 55.6 Å². The van der Waals surface area contributed by atoms with Gasteiger partial charge in [-0.05, 0) is 101 Å². The molecular weight excluding hydrogens is 384 g/mol. The van der Waals surface area contributed by atoms with Gasteiger partial charge in [0.25, 0.3) is 0 Å². The molecule has 0 bridgehead atoms. The Balaban J connectivity index is 1.98. The van der Waals surface area contributed by atoms with Gasteiger partial charge in [-0.3, -0.25) is 0 Å². The minimum Gasteiger partial charge on any atom is -0.0912 e. The lowest BCUT2D eigenvalue weighted by Gasteiger charge is -2.19. The SMILES string of the molecule is C=C(/C=C\C)c1cc(-c2cc(-c3ccccc3)c(-c3ccccc3)cc2C)c(C)cc1C. The number of hydrogen-bond acceptors (Lipinski definition) is 0. The van der Waals surface area contributed by atoms with Crippen LogP contribution < -0.4 is 0 Å². The maximum Gasteiger partial charge on any atom is -0.00990 e. The molecule has 0 heteroatoms. The Labute approximate surface area is 192 Å². The quantitative estimate of drug-likeness (QED) is 0.285. The third-order valence-corrected chi connectivity index (χ3v) is 6.11. The molecule has 4 rings (SSSR count). The highest BCUT2D eigenvalue weighted by atomic mass is 14.2. The summed E-state index contributed by atoms with van der Waals surface area (Å²) in [6.45, 7) is 12.9. The van der Waals surface area contributed by atoms with Gasteiger partial charge < -0.3 is 0 Å². The molecule has 0 heterocycles. The predicted octanol–water partition coefficient (Wildman–Crippen LogP) is 9.20. The normalized spacial score (nSPS) is 11.1. The average molecular weight is 415 g/mol. The van der Waals surface area contributed by atoms with Gasteiger partial charge >= 0.3 is 0 Å². The van der Waals surface area contributed by atoms with Crippen LogP contribution in [-0.2, 0) is 0 Å². The van der Waals surface area contributed by atoms with Crippen LogP contribution in [0.2, 0.25) is 0 Å². The van der Waals surface area contributed by atoms with E-state index in [2.05, 4.69) is 124 Å². The lowest BCUT2D eigenvalue weighted by molar-refractivity contribution is 1.34. The minimum atomic E-state index is 1.05. The summed E-state index contributed by atoms with van der Waals surface area (Å²) >= 11 is 0. The van der Waals surface area contributed by atoms with Crippen LogP contribution >= 0.6 is 0 Å². The Morgan fingerprint density at radius 3 is 1.66 bits per heavy atom. The van der Waals surface area contributed by atoms with Gasteiger partial charge in [-0.1, -0.05) is 91.5 Å². The minimum absolute atomic E-state index is 1.05. The monoisotopic (exact) mass is 414 g/mol. The van der Waals surface area contributed by atoms with Gasteiger partial charge in [0.15, 0.2) is 0 Å². The molecule has 0 aliphatic carbocycles. The molecule has 0 amide bonds. The lowest BCUT2D eigenvalue weighted by atomic mass is 9.85. The largest absolute Gasteiger partial charge is 0.0912 e. The van der Waals surface area contributed by atoms with E-state index in [1.54, 1.807) is 0 Å². The third-order valence-electron chi connectivity index (χ3n) is 6.11. The van der Waals surface area contributed by atoms with E-state index in [4.69, 9.17) is 0 Å². The summed E-state index contributed by atoms with van der Waals surface area (Å²) in [5.41, 5.74) is 13.6. The van der Waals surface area contributed by atoms with Crippen LogP contribution in [0.15, 0.2) is 104 Å². The summed E-state index contributed by atoms with van der Waals surface area (Å²) in [6, 6.07) is 30.7. The van der Waals surface area contributed by atoms with Crippen LogP contribution in [0.25, 0.3) is 39.0 Å². The van der Waals surface area contributed by atoms with Crippen molar-refractivity contribution in [2.24, 2.45) is 0 Å². The summed E-state index contributed by atoms with van der Waals surface area (Å²) in [7, 11) is 0. The second-order valence-electron chi connectivity index (χ2n) is 8.45. The zero-order chi connectivity index (χ0) is 22.7. The fourth-order valence-corrected chi connectivity index (χ4v) is 4.49. The highest BCUT2D eigenvalue weighted by Crippen LogP contribution is 2.39. The fourth-order valence-electron chi connectivity index (χ4n) is 4.49. The van der Waals surface area contributed by atoms with Gasteiger partial charge in [-0.25, -0.2) is 0 Å². The first-order valence-electron chi connectivity index (χ1n) is 11.2. The number of rotatable bonds is 5. The van der Waals surface area contributed by atoms with Crippen molar-refractivity contribution >= 4 is 5.57 Å². The fraction of sp³-hybridized carbons (Fsp3) is 0.125. The number of hydrogen-bond donors (Lipinski definition) is 0. The van der Waals surface area contributed by atoms with Gasteiger partial charge in [0, 0.05) is 0 Å². The van der Waals surface area contributed by atoms with Crippen LogP contribution in [0, 0.1) is 20.8 Å². The third kappa shape index (κ3) is 4.22. The van der Waals surface area contributed by atoms with E-state index in [0.717, 1.165) is 5.57 Å². The van der Waals surface area contributed by atoms with Crippen molar-refractivity contribution in [3.63, 3.8) is 0 Å². The van der Waals surface area contributed by atoms with Gasteiger partial charge in [0.1, 0.15) is 0 Å². The number of allylic oxidation sites excluding steroid dienone is 3. The zero-order valence-electron chi connectivity index (χ0n) is 19.4. The molecule has 0 aliphatic heterocycles. The second-order valence-corrected chi connectivity index (χ2v) is 8.45. The summed E-state index contributed by atoms with van der Waals surface area (Å²) in [6.07, 6.45) is 4.14. The van der Waals surface area contributed by atoms with Crippen molar-refractivity contribution in [2.45, 2.75) is 27.7 Å². The Kier molecular flexibility index (Phi) is 6.23. The molecule has 0 spiro atoms. The maximum absolute atomic E-state index is 4.29. The summed E-state index contributed by atoms with van der Waals surface area (Å²) in [4.78, 5) is 0. The van der Waals surface area contributed by atoms with Gasteiger partial charge in [0.05, 0.1) is 0 Å². The first kappa shape index (κ1) is 21.6. The van der Waals surface area contributed by atoms with E-state index in [1.807, 2.05) is 6.92 Å². The molecule has 0 aliphatic rings. The Hall–Kier alpha value is -3.64. The number of benzene rings is 4. The molecule has 0 fully saturated rings. The Bertz CT molecular complexity index is 1290. The molecule has 0 radical (unpaired) electrons. The molecule has 4 aromatic carbocycles. The van der Waals surface area contributed by atoms with Gasteiger partial charge in [0.2, 0.25) is 0 Å². The van der Waals surface area contributed by atoms with Crippen molar-refractivity contribution in [1.29, 1.82) is 0 Å². The molecule has 0 unspecified atom stereocenters. The molecule has 0 aromatic heterocycles.